The van der Waals surface area contributed by atoms with Crippen LogP contribution in [0.25, 0.3) is 0 Å². The lowest BCUT2D eigenvalue weighted by atomic mass is 9.96. The van der Waals surface area contributed by atoms with Crippen LogP contribution < -0.4 is 4.72 Å². The Kier molecular flexibility index (Phi) is 6.23. The average molecular weight is 340 g/mol. The lowest BCUT2D eigenvalue weighted by molar-refractivity contribution is 0.0678. The summed E-state index contributed by atoms with van der Waals surface area (Å²) in [6.07, 6.45) is 1.84. The monoisotopic (exact) mass is 339 g/mol. The molecular formula is C18H29NO3S. The van der Waals surface area contributed by atoms with Crippen LogP contribution >= 0.6 is 0 Å². The van der Waals surface area contributed by atoms with Crippen LogP contribution in [0.4, 0.5) is 0 Å². The van der Waals surface area contributed by atoms with Crippen molar-refractivity contribution in [1.29, 1.82) is 0 Å². The molecule has 0 bridgehead atoms. The molecule has 0 aromatic heterocycles. The van der Waals surface area contributed by atoms with Crippen LogP contribution in [-0.2, 0) is 14.8 Å². The van der Waals surface area contributed by atoms with Crippen molar-refractivity contribution in [2.45, 2.75) is 57.3 Å². The Morgan fingerprint density at radius 3 is 2.35 bits per heavy atom. The summed E-state index contributed by atoms with van der Waals surface area (Å²) in [5, 5.41) is 0. The van der Waals surface area contributed by atoms with Gasteiger partial charge in [0.2, 0.25) is 10.0 Å². The first-order chi connectivity index (χ1) is 10.8. The maximum Gasteiger partial charge on any atom is 0.240 e. The molecule has 130 valence electrons. The summed E-state index contributed by atoms with van der Waals surface area (Å²) >= 11 is 0. The minimum absolute atomic E-state index is 0.170. The van der Waals surface area contributed by atoms with E-state index in [9.17, 15) is 8.42 Å². The molecule has 0 radical (unpaired) electrons. The minimum Gasteiger partial charge on any atom is -0.381 e. The lowest BCUT2D eigenvalue weighted by Gasteiger charge is -2.23. The van der Waals surface area contributed by atoms with Gasteiger partial charge in [-0.3, -0.25) is 0 Å². The fraction of sp³-hybridized carbons (Fsp3) is 0.667. The topological polar surface area (TPSA) is 55.4 Å². The van der Waals surface area contributed by atoms with Gasteiger partial charge in [-0.25, -0.2) is 13.1 Å². The van der Waals surface area contributed by atoms with Gasteiger partial charge in [0, 0.05) is 19.8 Å². The Morgan fingerprint density at radius 1 is 1.13 bits per heavy atom. The van der Waals surface area contributed by atoms with Crippen molar-refractivity contribution in [1.82, 2.24) is 4.72 Å². The van der Waals surface area contributed by atoms with Crippen LogP contribution in [0.2, 0.25) is 0 Å². The molecule has 0 saturated carbocycles. The van der Waals surface area contributed by atoms with E-state index in [0.717, 1.165) is 31.6 Å². The van der Waals surface area contributed by atoms with E-state index in [-0.39, 0.29) is 5.92 Å². The molecule has 0 aliphatic carbocycles. The second-order valence-corrected chi connectivity index (χ2v) is 8.75. The van der Waals surface area contributed by atoms with E-state index < -0.39 is 10.0 Å². The molecule has 0 spiro atoms. The van der Waals surface area contributed by atoms with Crippen LogP contribution in [0.3, 0.4) is 0 Å². The van der Waals surface area contributed by atoms with Crippen molar-refractivity contribution in [2.75, 3.05) is 19.8 Å². The number of hydrogen-bond donors (Lipinski definition) is 1. The van der Waals surface area contributed by atoms with Gasteiger partial charge in [-0.15, -0.1) is 0 Å². The van der Waals surface area contributed by atoms with Crippen LogP contribution in [0.1, 0.15) is 63.5 Å². The molecule has 1 aromatic rings. The molecule has 0 atom stereocenters. The highest BCUT2D eigenvalue weighted by molar-refractivity contribution is 7.89. The van der Waals surface area contributed by atoms with Crippen molar-refractivity contribution < 1.29 is 13.2 Å². The Balaban J connectivity index is 2.20. The van der Waals surface area contributed by atoms with E-state index in [1.165, 1.54) is 5.56 Å². The van der Waals surface area contributed by atoms with Gasteiger partial charge in [0.25, 0.3) is 0 Å². The molecule has 1 aliphatic heterocycles. The summed E-state index contributed by atoms with van der Waals surface area (Å²) in [5.41, 5.74) is 2.08. The van der Waals surface area contributed by atoms with Gasteiger partial charge >= 0.3 is 0 Å². The lowest BCUT2D eigenvalue weighted by Crippen LogP contribution is -2.32. The number of ether oxygens (including phenoxy) is 1. The van der Waals surface area contributed by atoms with E-state index >= 15 is 0 Å². The molecular weight excluding hydrogens is 310 g/mol. The van der Waals surface area contributed by atoms with Crippen molar-refractivity contribution >= 4 is 10.0 Å². The summed E-state index contributed by atoms with van der Waals surface area (Å²) in [6, 6.07) is 5.73. The first-order valence-electron chi connectivity index (χ1n) is 8.52. The Bertz CT molecular complexity index is 617. The highest BCUT2D eigenvalue weighted by Gasteiger charge is 2.23. The summed E-state index contributed by atoms with van der Waals surface area (Å²) in [5.74, 6) is 0.929. The third-order valence-corrected chi connectivity index (χ3v) is 6.01. The zero-order valence-corrected chi connectivity index (χ0v) is 15.4. The SMILES string of the molecule is CC(C)c1ccc(S(=O)(=O)NCC2CCOCC2)c(C(C)C)c1. The predicted molar refractivity (Wildman–Crippen MR) is 93.4 cm³/mol. The maximum absolute atomic E-state index is 12.7. The third-order valence-electron chi connectivity index (χ3n) is 4.51. The molecule has 0 unspecified atom stereocenters. The molecule has 1 N–H and O–H groups in total. The summed E-state index contributed by atoms with van der Waals surface area (Å²) in [7, 11) is -3.47. The van der Waals surface area contributed by atoms with Crippen molar-refractivity contribution in [2.24, 2.45) is 5.92 Å². The van der Waals surface area contributed by atoms with Crippen molar-refractivity contribution in [3.8, 4) is 0 Å². The Hall–Kier alpha value is -0.910. The van der Waals surface area contributed by atoms with E-state index in [1.54, 1.807) is 6.07 Å². The Morgan fingerprint density at radius 2 is 1.78 bits per heavy atom. The second kappa shape index (κ2) is 7.77. The number of rotatable bonds is 6. The van der Waals surface area contributed by atoms with Gasteiger partial charge in [-0.2, -0.15) is 0 Å². The van der Waals surface area contributed by atoms with Gasteiger partial charge in [0.05, 0.1) is 4.90 Å². The average Bonchev–Trinajstić information content (AvgIpc) is 2.53. The Labute approximate surface area is 140 Å². The predicted octanol–water partition coefficient (Wildman–Crippen LogP) is 3.64. The zero-order valence-electron chi connectivity index (χ0n) is 14.6. The number of benzene rings is 1. The van der Waals surface area contributed by atoms with Gasteiger partial charge in [-0.05, 0) is 47.8 Å². The molecule has 23 heavy (non-hydrogen) atoms. The molecule has 0 amide bonds. The summed E-state index contributed by atoms with van der Waals surface area (Å²) < 4.78 is 33.6. The molecule has 1 aliphatic rings. The standard InChI is InChI=1S/C18H29NO3S/c1-13(2)16-5-6-18(17(11-16)14(3)4)23(20,21)19-12-15-7-9-22-10-8-15/h5-6,11,13-15,19H,7-10,12H2,1-4H3. The van der Waals surface area contributed by atoms with E-state index in [2.05, 4.69) is 18.6 Å². The zero-order chi connectivity index (χ0) is 17.0. The molecule has 1 fully saturated rings. The van der Waals surface area contributed by atoms with Crippen LogP contribution in [0.5, 0.6) is 0 Å². The smallest absolute Gasteiger partial charge is 0.240 e. The van der Waals surface area contributed by atoms with Crippen LogP contribution in [0, 0.1) is 5.92 Å². The van der Waals surface area contributed by atoms with E-state index in [0.29, 0.717) is 23.3 Å². The van der Waals surface area contributed by atoms with E-state index in [4.69, 9.17) is 4.74 Å². The maximum atomic E-state index is 12.7. The highest BCUT2D eigenvalue weighted by Crippen LogP contribution is 2.28. The van der Waals surface area contributed by atoms with Crippen LogP contribution in [0.15, 0.2) is 23.1 Å². The quantitative estimate of drug-likeness (QED) is 0.861. The van der Waals surface area contributed by atoms with Gasteiger partial charge in [0.15, 0.2) is 0 Å². The molecule has 5 heteroatoms. The number of nitrogens with one attached hydrogen (secondary N) is 1. The third kappa shape index (κ3) is 4.78. The van der Waals surface area contributed by atoms with Gasteiger partial charge in [-0.1, -0.05) is 39.8 Å². The van der Waals surface area contributed by atoms with Crippen molar-refractivity contribution in [3.05, 3.63) is 29.3 Å². The number of sulfonamides is 1. The van der Waals surface area contributed by atoms with Crippen LogP contribution in [-0.4, -0.2) is 28.2 Å². The fourth-order valence-electron chi connectivity index (χ4n) is 2.88. The summed E-state index contributed by atoms with van der Waals surface area (Å²) in [6.45, 7) is 10.3. The highest BCUT2D eigenvalue weighted by atomic mass is 32.2. The first-order valence-corrected chi connectivity index (χ1v) is 10.0. The molecule has 4 nitrogen and oxygen atoms in total. The molecule has 1 saturated heterocycles. The fourth-order valence-corrected chi connectivity index (χ4v) is 4.34. The molecule has 1 heterocycles. The summed E-state index contributed by atoms with van der Waals surface area (Å²) in [4.78, 5) is 0.420. The minimum atomic E-state index is -3.47. The van der Waals surface area contributed by atoms with Crippen molar-refractivity contribution in [3.63, 3.8) is 0 Å². The normalized spacial score (nSPS) is 17.1. The van der Waals surface area contributed by atoms with E-state index in [1.807, 2.05) is 26.0 Å². The molecule has 1 aromatic carbocycles. The van der Waals surface area contributed by atoms with Gasteiger partial charge < -0.3 is 4.74 Å². The first kappa shape index (κ1) is 18.4. The number of hydrogen-bond acceptors (Lipinski definition) is 3. The molecule has 2 rings (SSSR count). The van der Waals surface area contributed by atoms with Gasteiger partial charge in [0.1, 0.15) is 0 Å². The second-order valence-electron chi connectivity index (χ2n) is 7.01. The largest absolute Gasteiger partial charge is 0.381 e.